The quantitative estimate of drug-likeness (QED) is 0.527. The van der Waals surface area contributed by atoms with E-state index in [1.807, 2.05) is 45.0 Å². The summed E-state index contributed by atoms with van der Waals surface area (Å²) in [6, 6.07) is 16.2. The molecule has 166 valence electrons. The predicted molar refractivity (Wildman–Crippen MR) is 124 cm³/mol. The normalized spacial score (nSPS) is 12.3. The monoisotopic (exact) mass is 431 g/mol. The van der Waals surface area contributed by atoms with Gasteiger partial charge >= 0.3 is 5.69 Å². The summed E-state index contributed by atoms with van der Waals surface area (Å²) >= 11 is 0. The fraction of sp³-hybridized carbons (Fsp3) is 0.375. The first-order valence-corrected chi connectivity index (χ1v) is 10.7. The van der Waals surface area contributed by atoms with Crippen molar-refractivity contribution >= 4 is 0 Å². The summed E-state index contributed by atoms with van der Waals surface area (Å²) in [4.78, 5) is 13.2. The van der Waals surface area contributed by atoms with Crippen LogP contribution in [0.15, 0.2) is 53.3 Å². The number of hydrogen-bond acceptors (Lipinski definition) is 5. The van der Waals surface area contributed by atoms with Crippen LogP contribution in [0.5, 0.6) is 0 Å². The van der Waals surface area contributed by atoms with Crippen molar-refractivity contribution in [2.24, 2.45) is 0 Å². The highest BCUT2D eigenvalue weighted by Gasteiger charge is 2.28. The number of benzene rings is 2. The van der Waals surface area contributed by atoms with Crippen molar-refractivity contribution in [1.82, 2.24) is 35.0 Å². The Morgan fingerprint density at radius 2 is 1.56 bits per heavy atom. The molecule has 0 unspecified atom stereocenters. The molecule has 4 rings (SSSR count). The van der Waals surface area contributed by atoms with Crippen molar-refractivity contribution in [2.75, 3.05) is 0 Å². The Balaban J connectivity index is 1.70. The second-order valence-corrected chi connectivity index (χ2v) is 10.0. The Hall–Kier alpha value is -3.55. The molecule has 0 aliphatic carbocycles. The summed E-state index contributed by atoms with van der Waals surface area (Å²) in [6.07, 6.45) is 0. The maximum atomic E-state index is 13.2. The second kappa shape index (κ2) is 7.85. The summed E-state index contributed by atoms with van der Waals surface area (Å²) < 4.78 is 3.37. The molecule has 8 heteroatoms. The standard InChI is InChI=1S/C24H29N7O/c1-23(2,3)21-27-31(24(4,5)6)22(32)30(21)15-16-11-13-17(14-12-16)18-9-7-8-10-19(18)20-25-28-29-26-20/h7-14H,15H2,1-6H3,(H,25,26,28,29). The predicted octanol–water partition coefficient (Wildman–Crippen LogP) is 3.99. The van der Waals surface area contributed by atoms with E-state index in [0.29, 0.717) is 12.4 Å². The molecule has 2 aromatic carbocycles. The van der Waals surface area contributed by atoms with Gasteiger partial charge in [-0.2, -0.15) is 10.3 Å². The van der Waals surface area contributed by atoms with Crippen LogP contribution in [0.4, 0.5) is 0 Å². The highest BCUT2D eigenvalue weighted by Crippen LogP contribution is 2.30. The average molecular weight is 432 g/mol. The number of hydrogen-bond donors (Lipinski definition) is 1. The zero-order valence-electron chi connectivity index (χ0n) is 19.4. The minimum Gasteiger partial charge on any atom is -0.274 e. The van der Waals surface area contributed by atoms with E-state index >= 15 is 0 Å². The van der Waals surface area contributed by atoms with E-state index in [4.69, 9.17) is 5.10 Å². The largest absolute Gasteiger partial charge is 0.346 e. The van der Waals surface area contributed by atoms with Crippen LogP contribution < -0.4 is 5.69 Å². The van der Waals surface area contributed by atoms with Gasteiger partial charge in [0, 0.05) is 11.0 Å². The van der Waals surface area contributed by atoms with Gasteiger partial charge in [0.2, 0.25) is 5.82 Å². The summed E-state index contributed by atoms with van der Waals surface area (Å²) in [5.74, 6) is 1.34. The Morgan fingerprint density at radius 1 is 0.906 bits per heavy atom. The lowest BCUT2D eigenvalue weighted by Crippen LogP contribution is -2.36. The summed E-state index contributed by atoms with van der Waals surface area (Å²) in [7, 11) is 0. The third-order valence-corrected chi connectivity index (χ3v) is 5.29. The van der Waals surface area contributed by atoms with Crippen molar-refractivity contribution in [3.05, 3.63) is 70.4 Å². The van der Waals surface area contributed by atoms with Crippen LogP contribution in [-0.2, 0) is 17.5 Å². The molecule has 0 fully saturated rings. The van der Waals surface area contributed by atoms with E-state index < -0.39 is 0 Å². The van der Waals surface area contributed by atoms with Gasteiger partial charge in [-0.3, -0.25) is 4.57 Å². The van der Waals surface area contributed by atoms with Gasteiger partial charge < -0.3 is 0 Å². The maximum Gasteiger partial charge on any atom is 0.346 e. The molecule has 0 amide bonds. The molecular formula is C24H29N7O. The highest BCUT2D eigenvalue weighted by atomic mass is 16.2. The molecule has 2 heterocycles. The van der Waals surface area contributed by atoms with Crippen LogP contribution in [0.1, 0.15) is 52.9 Å². The van der Waals surface area contributed by atoms with Crippen LogP contribution in [0.3, 0.4) is 0 Å². The maximum absolute atomic E-state index is 13.2. The zero-order chi connectivity index (χ0) is 23.1. The molecule has 0 aliphatic rings. The van der Waals surface area contributed by atoms with Crippen LogP contribution in [0.25, 0.3) is 22.5 Å². The Kier molecular flexibility index (Phi) is 5.32. The first-order valence-electron chi connectivity index (χ1n) is 10.7. The molecule has 8 nitrogen and oxygen atoms in total. The summed E-state index contributed by atoms with van der Waals surface area (Å²) in [6.45, 7) is 12.7. The van der Waals surface area contributed by atoms with E-state index in [-0.39, 0.29) is 16.6 Å². The number of rotatable bonds is 4. The Morgan fingerprint density at radius 3 is 2.12 bits per heavy atom. The first-order chi connectivity index (χ1) is 15.1. The molecule has 0 radical (unpaired) electrons. The van der Waals surface area contributed by atoms with Crippen molar-refractivity contribution < 1.29 is 0 Å². The first kappa shape index (κ1) is 21.7. The zero-order valence-corrected chi connectivity index (χ0v) is 19.4. The molecule has 0 spiro atoms. The molecule has 1 N–H and O–H groups in total. The number of aromatic nitrogens is 7. The minimum absolute atomic E-state index is 0.0889. The number of nitrogens with zero attached hydrogens (tertiary/aromatic N) is 6. The van der Waals surface area contributed by atoms with Gasteiger partial charge in [-0.05, 0) is 42.7 Å². The second-order valence-electron chi connectivity index (χ2n) is 10.0. The molecule has 2 aromatic heterocycles. The molecule has 0 saturated carbocycles. The van der Waals surface area contributed by atoms with Crippen molar-refractivity contribution in [3.63, 3.8) is 0 Å². The van der Waals surface area contributed by atoms with Gasteiger partial charge in [-0.1, -0.05) is 69.3 Å². The third kappa shape index (κ3) is 4.12. The topological polar surface area (TPSA) is 94.3 Å². The van der Waals surface area contributed by atoms with Gasteiger partial charge in [-0.25, -0.2) is 9.48 Å². The van der Waals surface area contributed by atoms with E-state index in [0.717, 1.165) is 28.1 Å². The van der Waals surface area contributed by atoms with E-state index in [1.165, 1.54) is 0 Å². The van der Waals surface area contributed by atoms with Gasteiger partial charge in [0.05, 0.1) is 12.1 Å². The summed E-state index contributed by atoms with van der Waals surface area (Å²) in [5.41, 5.74) is 3.29. The average Bonchev–Trinajstić information content (AvgIpc) is 3.37. The fourth-order valence-electron chi connectivity index (χ4n) is 3.71. The lowest BCUT2D eigenvalue weighted by molar-refractivity contribution is 0.337. The van der Waals surface area contributed by atoms with Gasteiger partial charge in [0.15, 0.2) is 0 Å². The van der Waals surface area contributed by atoms with Crippen molar-refractivity contribution in [3.8, 4) is 22.5 Å². The Labute approximate surface area is 187 Å². The van der Waals surface area contributed by atoms with Gasteiger partial charge in [-0.15, -0.1) is 10.2 Å². The fourth-order valence-corrected chi connectivity index (χ4v) is 3.71. The smallest absolute Gasteiger partial charge is 0.274 e. The molecule has 0 atom stereocenters. The van der Waals surface area contributed by atoms with Crippen LogP contribution >= 0.6 is 0 Å². The highest BCUT2D eigenvalue weighted by molar-refractivity contribution is 5.80. The van der Waals surface area contributed by atoms with E-state index in [1.54, 1.807) is 9.25 Å². The molecule has 32 heavy (non-hydrogen) atoms. The molecule has 0 aliphatic heterocycles. The van der Waals surface area contributed by atoms with Crippen LogP contribution in [0, 0.1) is 0 Å². The number of H-pyrrole nitrogens is 1. The number of tetrazole rings is 1. The number of nitrogens with one attached hydrogen (secondary N) is 1. The van der Waals surface area contributed by atoms with E-state index in [2.05, 4.69) is 65.7 Å². The van der Waals surface area contributed by atoms with Crippen molar-refractivity contribution in [1.29, 1.82) is 0 Å². The van der Waals surface area contributed by atoms with Crippen molar-refractivity contribution in [2.45, 2.75) is 59.0 Å². The molecule has 0 bridgehead atoms. The Bertz CT molecular complexity index is 1270. The van der Waals surface area contributed by atoms with Gasteiger partial charge in [0.25, 0.3) is 0 Å². The lowest BCUT2D eigenvalue weighted by atomic mass is 9.95. The SMILES string of the molecule is CC(C)(C)c1nn(C(C)(C)C)c(=O)n1Cc1ccc(-c2ccccc2-c2nn[nH]n2)cc1. The van der Waals surface area contributed by atoms with Crippen LogP contribution in [-0.4, -0.2) is 35.0 Å². The summed E-state index contributed by atoms with van der Waals surface area (Å²) in [5, 5.41) is 19.1. The molecule has 0 saturated heterocycles. The molecular weight excluding hydrogens is 402 g/mol. The van der Waals surface area contributed by atoms with Crippen LogP contribution in [0.2, 0.25) is 0 Å². The van der Waals surface area contributed by atoms with E-state index in [9.17, 15) is 4.79 Å². The number of aromatic amines is 1. The van der Waals surface area contributed by atoms with Gasteiger partial charge in [0.1, 0.15) is 5.82 Å². The lowest BCUT2D eigenvalue weighted by Gasteiger charge is -2.19. The molecule has 4 aromatic rings. The third-order valence-electron chi connectivity index (χ3n) is 5.29. The minimum atomic E-state index is -0.384.